The van der Waals surface area contributed by atoms with Gasteiger partial charge in [-0.25, -0.2) is 0 Å². The lowest BCUT2D eigenvalue weighted by Crippen LogP contribution is -2.69. The van der Waals surface area contributed by atoms with Crippen molar-refractivity contribution in [2.75, 3.05) is 0 Å². The van der Waals surface area contributed by atoms with Gasteiger partial charge in [0.15, 0.2) is 8.07 Å². The van der Waals surface area contributed by atoms with Crippen molar-refractivity contribution >= 4 is 23.6 Å². The number of rotatable bonds is 16. The number of benzene rings is 9. The molecule has 1 aliphatic rings. The first-order chi connectivity index (χ1) is 34.2. The third-order valence-corrected chi connectivity index (χ3v) is 18.9. The van der Waals surface area contributed by atoms with Gasteiger partial charge in [-0.2, -0.15) is 0 Å². The molecule has 0 nitrogen and oxygen atoms in total. The number of hydrogen-bond acceptors (Lipinski definition) is 0. The summed E-state index contributed by atoms with van der Waals surface area (Å²) in [5.41, 5.74) is 17.6. The van der Waals surface area contributed by atoms with E-state index in [1.54, 1.807) is 0 Å². The Morgan fingerprint density at radius 3 is 0.729 bits per heavy atom. The van der Waals surface area contributed by atoms with Crippen LogP contribution >= 0.6 is 0 Å². The molecule has 0 fully saturated rings. The molecular weight excluding hydrogens is 857 g/mol. The molecule has 0 amide bonds. The molecule has 0 N–H and O–H groups in total. The zero-order valence-electron chi connectivity index (χ0n) is 41.1. The van der Waals surface area contributed by atoms with Crippen molar-refractivity contribution in [1.29, 1.82) is 0 Å². The maximum Gasteiger partial charge on any atom is 0.179 e. The van der Waals surface area contributed by atoms with Crippen LogP contribution in [-0.2, 0) is 38.5 Å². The highest BCUT2D eigenvalue weighted by molar-refractivity contribution is 7.16. The first kappa shape index (κ1) is 46.4. The molecule has 9 aromatic rings. The molecule has 0 spiro atoms. The molecule has 0 saturated heterocycles. The molecule has 344 valence electrons. The largest absolute Gasteiger partial charge is 0.179 e. The first-order valence-corrected chi connectivity index (χ1v) is 27.3. The molecular formula is C69H64Si. The topological polar surface area (TPSA) is 0 Å². The van der Waals surface area contributed by atoms with Crippen molar-refractivity contribution in [3.63, 3.8) is 0 Å². The van der Waals surface area contributed by atoms with Crippen molar-refractivity contribution < 1.29 is 0 Å². The van der Waals surface area contributed by atoms with E-state index in [0.717, 1.165) is 44.9 Å². The van der Waals surface area contributed by atoms with Crippen molar-refractivity contribution in [2.24, 2.45) is 5.41 Å². The lowest BCUT2D eigenvalue weighted by molar-refractivity contribution is 0.515. The number of hydrogen-bond donors (Lipinski definition) is 0. The summed E-state index contributed by atoms with van der Waals surface area (Å²) in [6.45, 7) is 7.30. The minimum atomic E-state index is -3.26. The van der Waals surface area contributed by atoms with Crippen LogP contribution in [0.2, 0.25) is 0 Å². The summed E-state index contributed by atoms with van der Waals surface area (Å²) in [7, 11) is -3.26. The Bertz CT molecular complexity index is 2720. The van der Waals surface area contributed by atoms with E-state index >= 15 is 0 Å². The third-order valence-electron chi connectivity index (χ3n) is 14.1. The van der Waals surface area contributed by atoms with Gasteiger partial charge in [0, 0.05) is 0 Å². The Balaban J connectivity index is 1.32. The van der Waals surface area contributed by atoms with Crippen molar-refractivity contribution in [1.82, 2.24) is 0 Å². The van der Waals surface area contributed by atoms with Gasteiger partial charge in [-0.1, -0.05) is 270 Å². The fraction of sp³-hybridized carbons (Fsp3) is 0.159. The van der Waals surface area contributed by atoms with Gasteiger partial charge in [-0.05, 0) is 143 Å². The van der Waals surface area contributed by atoms with Gasteiger partial charge in [-0.3, -0.25) is 0 Å². The van der Waals surface area contributed by atoms with E-state index in [1.165, 1.54) is 93.1 Å². The van der Waals surface area contributed by atoms with E-state index < -0.39 is 8.07 Å². The van der Waals surface area contributed by atoms with E-state index in [1.807, 2.05) is 0 Å². The minimum Gasteiger partial charge on any atom is -0.0801 e. The Hall–Kier alpha value is -7.32. The summed E-state index contributed by atoms with van der Waals surface area (Å²) in [5.74, 6) is 0. The van der Waals surface area contributed by atoms with E-state index in [9.17, 15) is 0 Å². The average molecular weight is 921 g/mol. The lowest BCUT2D eigenvalue weighted by Gasteiger charge is -2.41. The Morgan fingerprint density at radius 1 is 0.286 bits per heavy atom. The molecule has 1 aliphatic carbocycles. The second-order valence-corrected chi connectivity index (χ2v) is 24.3. The van der Waals surface area contributed by atoms with Crippen LogP contribution in [0.1, 0.15) is 94.0 Å². The van der Waals surface area contributed by atoms with Gasteiger partial charge >= 0.3 is 0 Å². The van der Waals surface area contributed by atoms with Crippen LogP contribution in [0.4, 0.5) is 0 Å². The SMILES string of the molecule is CC(C)(C)C1=CCC=C1[Si](c1cc(Cc2ccccc2)cc(Cc2ccccc2)c1)(c1cc(Cc2ccccc2)cc(Cc2ccccc2)c1)c1cc(Cc2ccccc2)cc(Cc2ccccc2)c1. The fourth-order valence-electron chi connectivity index (χ4n) is 11.1. The summed E-state index contributed by atoms with van der Waals surface area (Å²) < 4.78 is 0. The van der Waals surface area contributed by atoms with Gasteiger partial charge < -0.3 is 0 Å². The van der Waals surface area contributed by atoms with E-state index in [-0.39, 0.29) is 5.41 Å². The minimum absolute atomic E-state index is 0.0852. The van der Waals surface area contributed by atoms with Crippen LogP contribution in [0.25, 0.3) is 0 Å². The van der Waals surface area contributed by atoms with Gasteiger partial charge in [0.1, 0.15) is 0 Å². The van der Waals surface area contributed by atoms with Gasteiger partial charge in [0.25, 0.3) is 0 Å². The highest BCUT2D eigenvalue weighted by Crippen LogP contribution is 2.41. The standard InChI is InChI=1S/C69H64Si/c1-69(2,3)67-35-22-36-68(67)70(64-46-58(37-52-23-10-4-11-24-52)43-59(47-64)38-53-25-12-5-13-26-53,65-48-60(39-54-27-14-6-15-28-54)44-61(49-65)40-55-29-16-7-17-30-55)66-50-62(41-56-31-18-8-19-32-56)45-63(51-66)42-57-33-20-9-21-34-57/h4-21,23-36,43-51H,22,37-42H2,1-3H3. The van der Waals surface area contributed by atoms with E-state index in [4.69, 9.17) is 0 Å². The van der Waals surface area contributed by atoms with Crippen molar-refractivity contribution in [2.45, 2.75) is 65.7 Å². The van der Waals surface area contributed by atoms with Crippen LogP contribution in [0.3, 0.4) is 0 Å². The molecule has 10 rings (SSSR count). The van der Waals surface area contributed by atoms with E-state index in [0.29, 0.717) is 0 Å². The normalized spacial score (nSPS) is 12.7. The molecule has 1 heteroatoms. The Morgan fingerprint density at radius 2 is 0.514 bits per heavy atom. The monoisotopic (exact) mass is 920 g/mol. The van der Waals surface area contributed by atoms with Crippen LogP contribution in [-0.4, -0.2) is 8.07 Å². The van der Waals surface area contributed by atoms with Crippen LogP contribution in [0.15, 0.2) is 260 Å². The average Bonchev–Trinajstić information content (AvgIpc) is 3.88. The Labute approximate surface area is 418 Å². The quantitative estimate of drug-likeness (QED) is 0.0669. The van der Waals surface area contributed by atoms with Crippen molar-refractivity contribution in [3.05, 3.63) is 326 Å². The highest BCUT2D eigenvalue weighted by Gasteiger charge is 2.48. The number of allylic oxidation sites excluding steroid dienone is 4. The van der Waals surface area contributed by atoms with Gasteiger partial charge in [0.2, 0.25) is 0 Å². The van der Waals surface area contributed by atoms with Crippen LogP contribution in [0, 0.1) is 5.41 Å². The molecule has 0 unspecified atom stereocenters. The van der Waals surface area contributed by atoms with Crippen LogP contribution in [0.5, 0.6) is 0 Å². The molecule has 0 heterocycles. The molecule has 9 aromatic carbocycles. The second-order valence-electron chi connectivity index (χ2n) is 20.6. The molecule has 0 aliphatic heterocycles. The maximum atomic E-state index is 2.65. The summed E-state index contributed by atoms with van der Waals surface area (Å²) in [6, 6.07) is 90.0. The van der Waals surface area contributed by atoms with Crippen molar-refractivity contribution in [3.8, 4) is 0 Å². The smallest absolute Gasteiger partial charge is 0.0801 e. The summed E-state index contributed by atoms with van der Waals surface area (Å²) in [6.07, 6.45) is 11.3. The summed E-state index contributed by atoms with van der Waals surface area (Å²) >= 11 is 0. The molecule has 0 atom stereocenters. The fourth-order valence-corrected chi connectivity index (χ4v) is 16.7. The second kappa shape index (κ2) is 21.1. The molecule has 0 saturated carbocycles. The Kier molecular flexibility index (Phi) is 14.0. The van der Waals surface area contributed by atoms with E-state index in [2.05, 4.69) is 270 Å². The zero-order valence-corrected chi connectivity index (χ0v) is 42.1. The predicted octanol–water partition coefficient (Wildman–Crippen LogP) is 14.5. The van der Waals surface area contributed by atoms with Crippen LogP contribution < -0.4 is 15.6 Å². The summed E-state index contributed by atoms with van der Waals surface area (Å²) in [4.78, 5) is 0. The molecule has 0 bridgehead atoms. The molecule has 0 aromatic heterocycles. The lowest BCUT2D eigenvalue weighted by atomic mass is 9.87. The third kappa shape index (κ3) is 10.9. The van der Waals surface area contributed by atoms with Gasteiger partial charge in [0.05, 0.1) is 0 Å². The van der Waals surface area contributed by atoms with Gasteiger partial charge in [-0.15, -0.1) is 0 Å². The zero-order chi connectivity index (χ0) is 47.8. The first-order valence-electron chi connectivity index (χ1n) is 25.3. The predicted molar refractivity (Wildman–Crippen MR) is 300 cm³/mol. The molecule has 0 radical (unpaired) electrons. The molecule has 70 heavy (non-hydrogen) atoms. The highest BCUT2D eigenvalue weighted by atomic mass is 28.3. The summed E-state index contributed by atoms with van der Waals surface area (Å²) in [5, 5.41) is 5.91. The maximum absolute atomic E-state index is 3.26.